The molecule has 11 rings (SSSR count). The molecule has 0 saturated carbocycles. The van der Waals surface area contributed by atoms with Crippen molar-refractivity contribution >= 4 is 75.1 Å². The zero-order chi connectivity index (χ0) is 33.5. The number of fused-ring (bicyclic) bond motifs is 10. The number of hydrogen-bond donors (Lipinski definition) is 0. The highest BCUT2D eigenvalue weighted by Gasteiger charge is 2.24. The quantitative estimate of drug-likeness (QED) is 0.177. The van der Waals surface area contributed by atoms with Crippen molar-refractivity contribution in [3.63, 3.8) is 0 Å². The number of aromatic nitrogens is 2. The highest BCUT2D eigenvalue weighted by atomic mass is 32.1. The molecule has 0 atom stereocenters. The Kier molecular flexibility index (Phi) is 6.16. The Hall–Kier alpha value is -6.42. The first-order valence-corrected chi connectivity index (χ1v) is 18.3. The number of benzene rings is 8. The number of rotatable bonds is 4. The highest BCUT2D eigenvalue weighted by Crippen LogP contribution is 2.47. The number of hydrogen-bond acceptors (Lipinski definition) is 1. The third-order valence-corrected chi connectivity index (χ3v) is 11.7. The fraction of sp³-hybridized carbons (Fsp3) is 0. The molecule has 3 aromatic heterocycles. The van der Waals surface area contributed by atoms with E-state index in [0.29, 0.717) is 0 Å². The summed E-state index contributed by atoms with van der Waals surface area (Å²) in [7, 11) is 0. The second kappa shape index (κ2) is 11.0. The number of thiophene rings is 1. The molecule has 0 N–H and O–H groups in total. The first-order valence-electron chi connectivity index (χ1n) is 17.4. The van der Waals surface area contributed by atoms with Crippen LogP contribution in [0.4, 0.5) is 0 Å². The third kappa shape index (κ3) is 4.16. The molecule has 11 aromatic rings. The molecule has 238 valence electrons. The average Bonchev–Trinajstić information content (AvgIpc) is 3.86. The highest BCUT2D eigenvalue weighted by molar-refractivity contribution is 7.26. The molecule has 0 saturated heterocycles. The van der Waals surface area contributed by atoms with Gasteiger partial charge in [0, 0.05) is 58.7 Å². The van der Waals surface area contributed by atoms with Crippen LogP contribution in [0.2, 0.25) is 0 Å². The van der Waals surface area contributed by atoms with Crippen molar-refractivity contribution in [2.75, 3.05) is 0 Å². The summed E-state index contributed by atoms with van der Waals surface area (Å²) in [6.45, 7) is 0. The van der Waals surface area contributed by atoms with Gasteiger partial charge in [-0.15, -0.1) is 11.3 Å². The van der Waals surface area contributed by atoms with Crippen molar-refractivity contribution in [3.05, 3.63) is 182 Å². The van der Waals surface area contributed by atoms with Crippen LogP contribution in [-0.4, -0.2) is 9.13 Å². The van der Waals surface area contributed by atoms with Crippen LogP contribution in [0, 0.1) is 0 Å². The molecule has 0 aliphatic heterocycles. The Bertz CT molecular complexity index is 3110. The van der Waals surface area contributed by atoms with Crippen molar-refractivity contribution in [2.45, 2.75) is 0 Å². The van der Waals surface area contributed by atoms with Gasteiger partial charge in [-0.2, -0.15) is 0 Å². The molecule has 2 nitrogen and oxygen atoms in total. The lowest BCUT2D eigenvalue weighted by atomic mass is 9.95. The Balaban J connectivity index is 1.25. The van der Waals surface area contributed by atoms with Crippen LogP contribution in [0.5, 0.6) is 0 Å². The van der Waals surface area contributed by atoms with Crippen molar-refractivity contribution in [2.24, 2.45) is 0 Å². The van der Waals surface area contributed by atoms with E-state index in [-0.39, 0.29) is 0 Å². The van der Waals surface area contributed by atoms with Gasteiger partial charge >= 0.3 is 0 Å². The topological polar surface area (TPSA) is 9.86 Å². The van der Waals surface area contributed by atoms with Crippen molar-refractivity contribution in [1.29, 1.82) is 0 Å². The lowest BCUT2D eigenvalue weighted by Gasteiger charge is -2.14. The predicted octanol–water partition coefficient (Wildman–Crippen LogP) is 13.6. The smallest absolute Gasteiger partial charge is 0.0641 e. The third-order valence-electron chi connectivity index (χ3n) is 10.5. The summed E-state index contributed by atoms with van der Waals surface area (Å²) in [6.07, 6.45) is 0. The Morgan fingerprint density at radius 2 is 0.882 bits per heavy atom. The first-order chi connectivity index (χ1) is 25.3. The van der Waals surface area contributed by atoms with Crippen LogP contribution >= 0.6 is 11.3 Å². The van der Waals surface area contributed by atoms with E-state index in [9.17, 15) is 0 Å². The lowest BCUT2D eigenvalue weighted by Crippen LogP contribution is -1.97. The molecular formula is C48H30N2S. The van der Waals surface area contributed by atoms with Crippen molar-refractivity contribution in [3.8, 4) is 33.6 Å². The fourth-order valence-corrected chi connectivity index (χ4v) is 9.56. The van der Waals surface area contributed by atoms with Crippen molar-refractivity contribution in [1.82, 2.24) is 9.13 Å². The predicted molar refractivity (Wildman–Crippen MR) is 219 cm³/mol. The molecule has 0 unspecified atom stereocenters. The summed E-state index contributed by atoms with van der Waals surface area (Å²) in [6, 6.07) is 66.6. The van der Waals surface area contributed by atoms with Gasteiger partial charge in [-0.05, 0) is 65.2 Å². The Morgan fingerprint density at radius 1 is 0.353 bits per heavy atom. The molecule has 0 amide bonds. The maximum absolute atomic E-state index is 2.47. The standard InChI is InChI=1S/C48H30N2S/c1-3-14-33(15-4-1)49-42-23-10-7-18-36(42)41-30-40(46-45(47(41)49)39-20-8-11-24-43(39)50(46)34-16-5-2-6-17-34)32-28-26-31(27-29-32)35-21-13-22-38-37-19-9-12-25-44(37)51-48(35)38/h1-30H. The molecule has 8 aromatic carbocycles. The van der Waals surface area contributed by atoms with Gasteiger partial charge in [0.2, 0.25) is 0 Å². The monoisotopic (exact) mass is 666 g/mol. The van der Waals surface area contributed by atoms with Gasteiger partial charge in [-0.3, -0.25) is 0 Å². The summed E-state index contributed by atoms with van der Waals surface area (Å²) in [4.78, 5) is 0. The van der Waals surface area contributed by atoms with Crippen LogP contribution in [0.1, 0.15) is 0 Å². The van der Waals surface area contributed by atoms with E-state index in [4.69, 9.17) is 0 Å². The largest absolute Gasteiger partial charge is 0.309 e. The van der Waals surface area contributed by atoms with Gasteiger partial charge in [0.25, 0.3) is 0 Å². The van der Waals surface area contributed by atoms with Gasteiger partial charge in [0.1, 0.15) is 0 Å². The molecule has 0 aliphatic rings. The molecule has 0 bridgehead atoms. The normalized spacial score (nSPS) is 11.9. The molecule has 0 spiro atoms. The summed E-state index contributed by atoms with van der Waals surface area (Å²) in [5, 5.41) is 7.68. The van der Waals surface area contributed by atoms with Crippen LogP contribution < -0.4 is 0 Å². The Labute approximate surface area is 298 Å². The second-order valence-electron chi connectivity index (χ2n) is 13.3. The molecule has 3 heterocycles. The van der Waals surface area contributed by atoms with E-state index in [0.717, 1.165) is 11.4 Å². The van der Waals surface area contributed by atoms with E-state index >= 15 is 0 Å². The number of nitrogens with zero attached hydrogens (tertiary/aromatic N) is 2. The zero-order valence-electron chi connectivity index (χ0n) is 27.6. The number of para-hydroxylation sites is 4. The minimum Gasteiger partial charge on any atom is -0.309 e. The van der Waals surface area contributed by atoms with Gasteiger partial charge in [-0.25, -0.2) is 0 Å². The van der Waals surface area contributed by atoms with E-state index in [1.807, 2.05) is 11.3 Å². The molecule has 51 heavy (non-hydrogen) atoms. The first kappa shape index (κ1) is 28.4. The summed E-state index contributed by atoms with van der Waals surface area (Å²) in [5.41, 5.74) is 12.1. The Morgan fingerprint density at radius 3 is 1.59 bits per heavy atom. The molecule has 0 aliphatic carbocycles. The van der Waals surface area contributed by atoms with Gasteiger partial charge < -0.3 is 9.13 Å². The minimum absolute atomic E-state index is 1.15. The molecule has 3 heteroatoms. The van der Waals surface area contributed by atoms with Gasteiger partial charge in [0.15, 0.2) is 0 Å². The van der Waals surface area contributed by atoms with Crippen molar-refractivity contribution < 1.29 is 0 Å². The molecule has 0 radical (unpaired) electrons. The van der Waals surface area contributed by atoms with E-state index < -0.39 is 0 Å². The summed E-state index contributed by atoms with van der Waals surface area (Å²) >= 11 is 1.88. The van der Waals surface area contributed by atoms with E-state index in [2.05, 4.69) is 191 Å². The van der Waals surface area contributed by atoms with E-state index in [1.54, 1.807) is 0 Å². The van der Waals surface area contributed by atoms with Gasteiger partial charge in [0.05, 0.1) is 22.1 Å². The maximum atomic E-state index is 2.47. The zero-order valence-corrected chi connectivity index (χ0v) is 28.4. The van der Waals surface area contributed by atoms with Crippen LogP contribution in [0.15, 0.2) is 182 Å². The molecular weight excluding hydrogens is 637 g/mol. The fourth-order valence-electron chi connectivity index (χ4n) is 8.32. The lowest BCUT2D eigenvalue weighted by molar-refractivity contribution is 1.17. The molecule has 0 fully saturated rings. The van der Waals surface area contributed by atoms with E-state index in [1.165, 1.54) is 86.0 Å². The second-order valence-corrected chi connectivity index (χ2v) is 14.3. The SMILES string of the molecule is c1ccc(-n2c3ccccc3c3c2c(-c2ccc(-c4cccc5c4sc4ccccc45)cc2)cc2c4ccccc4n(-c4ccccc4)c23)cc1. The van der Waals surface area contributed by atoms with Crippen LogP contribution in [0.3, 0.4) is 0 Å². The van der Waals surface area contributed by atoms with Crippen LogP contribution in [-0.2, 0) is 0 Å². The average molecular weight is 667 g/mol. The minimum atomic E-state index is 1.15. The summed E-state index contributed by atoms with van der Waals surface area (Å²) < 4.78 is 7.61. The van der Waals surface area contributed by atoms with Crippen LogP contribution in [0.25, 0.3) is 97.4 Å². The summed E-state index contributed by atoms with van der Waals surface area (Å²) in [5.74, 6) is 0. The van der Waals surface area contributed by atoms with Gasteiger partial charge in [-0.1, -0.05) is 133 Å². The maximum Gasteiger partial charge on any atom is 0.0641 e.